The normalized spacial score (nSPS) is 12.6. The zero-order chi connectivity index (χ0) is 17.3. The summed E-state index contributed by atoms with van der Waals surface area (Å²) < 4.78 is 36.1. The number of ether oxygens (including phenoxy) is 1. The third-order valence-electron chi connectivity index (χ3n) is 3.06. The molecule has 0 aliphatic carbocycles. The van der Waals surface area contributed by atoms with Crippen molar-refractivity contribution in [3.8, 4) is 5.75 Å². The van der Waals surface area contributed by atoms with Crippen molar-refractivity contribution in [3.05, 3.63) is 36.0 Å². The Labute approximate surface area is 136 Å². The summed E-state index contributed by atoms with van der Waals surface area (Å²) in [6, 6.07) is 6.30. The first-order valence-corrected chi connectivity index (χ1v) is 8.53. The summed E-state index contributed by atoms with van der Waals surface area (Å²) in [5.74, 6) is 1.37. The van der Waals surface area contributed by atoms with Gasteiger partial charge in [0, 0.05) is 25.6 Å². The van der Waals surface area contributed by atoms with Gasteiger partial charge in [0.05, 0.1) is 4.90 Å². The fourth-order valence-corrected chi connectivity index (χ4v) is 2.64. The third kappa shape index (κ3) is 4.08. The van der Waals surface area contributed by atoms with E-state index in [2.05, 4.69) is 10.1 Å². The van der Waals surface area contributed by atoms with Crippen molar-refractivity contribution < 1.29 is 17.7 Å². The summed E-state index contributed by atoms with van der Waals surface area (Å²) in [7, 11) is -0.529. The maximum Gasteiger partial charge on any atom is 0.242 e. The summed E-state index contributed by atoms with van der Waals surface area (Å²) in [6.45, 7) is 6.02. The number of rotatable bonds is 5. The molecule has 0 spiro atoms. The summed E-state index contributed by atoms with van der Waals surface area (Å²) in [5, 5.41) is 3.86. The largest absolute Gasteiger partial charge is 0.485 e. The number of benzene rings is 1. The van der Waals surface area contributed by atoms with Gasteiger partial charge in [-0.05, 0) is 12.1 Å². The van der Waals surface area contributed by atoms with Crippen LogP contribution in [0.1, 0.15) is 32.5 Å². The molecule has 0 saturated carbocycles. The van der Waals surface area contributed by atoms with Gasteiger partial charge in [0.1, 0.15) is 5.75 Å². The zero-order valence-electron chi connectivity index (χ0n) is 13.9. The topological polar surface area (TPSA) is 85.5 Å². The van der Waals surface area contributed by atoms with Crippen LogP contribution in [0.25, 0.3) is 0 Å². The molecule has 2 rings (SSSR count). The van der Waals surface area contributed by atoms with Crippen LogP contribution in [0.15, 0.2) is 33.7 Å². The molecule has 0 bridgehead atoms. The van der Waals surface area contributed by atoms with E-state index in [1.165, 1.54) is 26.2 Å². The highest BCUT2D eigenvalue weighted by molar-refractivity contribution is 7.89. The van der Waals surface area contributed by atoms with Crippen LogP contribution >= 0.6 is 0 Å². The van der Waals surface area contributed by atoms with E-state index in [9.17, 15) is 8.42 Å². The average molecular weight is 339 g/mol. The number of sulfonamides is 1. The van der Waals surface area contributed by atoms with Crippen molar-refractivity contribution in [1.29, 1.82) is 0 Å². The van der Waals surface area contributed by atoms with E-state index < -0.39 is 10.0 Å². The molecule has 23 heavy (non-hydrogen) atoms. The first-order valence-electron chi connectivity index (χ1n) is 7.09. The summed E-state index contributed by atoms with van der Waals surface area (Å²) in [4.78, 5) is 4.44. The highest BCUT2D eigenvalue weighted by Gasteiger charge is 2.22. The molecule has 8 heteroatoms. The summed E-state index contributed by atoms with van der Waals surface area (Å²) in [6.07, 6.45) is 0. The SMILES string of the molecule is CN(C)S(=O)(=O)c1cccc(OCc2noc(C(C)(C)C)n2)c1. The standard InChI is InChI=1S/C15H21N3O4S/c1-15(2,3)14-16-13(17-22-14)10-21-11-7-6-8-12(9-11)23(19,20)18(4)5/h6-9H,10H2,1-5H3. The van der Waals surface area contributed by atoms with E-state index in [-0.39, 0.29) is 16.9 Å². The molecule has 7 nitrogen and oxygen atoms in total. The van der Waals surface area contributed by atoms with Crippen LogP contribution in [0.5, 0.6) is 5.75 Å². The highest BCUT2D eigenvalue weighted by atomic mass is 32.2. The third-order valence-corrected chi connectivity index (χ3v) is 4.87. The van der Waals surface area contributed by atoms with Gasteiger partial charge in [0.15, 0.2) is 6.61 Å². The molecule has 0 aliphatic rings. The molecule has 2 aromatic rings. The average Bonchev–Trinajstić information content (AvgIpc) is 2.94. The van der Waals surface area contributed by atoms with Gasteiger partial charge in [-0.1, -0.05) is 32.0 Å². The monoisotopic (exact) mass is 339 g/mol. The van der Waals surface area contributed by atoms with Gasteiger partial charge in [0.25, 0.3) is 0 Å². The quantitative estimate of drug-likeness (QED) is 0.830. The van der Waals surface area contributed by atoms with E-state index in [1.54, 1.807) is 12.1 Å². The van der Waals surface area contributed by atoms with Crippen molar-refractivity contribution in [2.75, 3.05) is 14.1 Å². The molecule has 0 N–H and O–H groups in total. The van der Waals surface area contributed by atoms with Gasteiger partial charge in [0.2, 0.25) is 21.7 Å². The minimum atomic E-state index is -3.49. The van der Waals surface area contributed by atoms with E-state index >= 15 is 0 Å². The Morgan fingerprint density at radius 2 is 1.96 bits per heavy atom. The lowest BCUT2D eigenvalue weighted by Gasteiger charge is -2.12. The second-order valence-electron chi connectivity index (χ2n) is 6.32. The molecule has 0 aliphatic heterocycles. The molecule has 0 saturated heterocycles. The molecule has 0 atom stereocenters. The molecule has 1 aromatic carbocycles. The van der Waals surface area contributed by atoms with Crippen LogP contribution in [-0.4, -0.2) is 37.0 Å². The lowest BCUT2D eigenvalue weighted by Crippen LogP contribution is -2.22. The number of hydrogen-bond acceptors (Lipinski definition) is 6. The van der Waals surface area contributed by atoms with E-state index in [4.69, 9.17) is 9.26 Å². The van der Waals surface area contributed by atoms with E-state index in [0.717, 1.165) is 4.31 Å². The zero-order valence-corrected chi connectivity index (χ0v) is 14.7. The van der Waals surface area contributed by atoms with Gasteiger partial charge in [-0.15, -0.1) is 0 Å². The smallest absolute Gasteiger partial charge is 0.242 e. The molecule has 126 valence electrons. The van der Waals surface area contributed by atoms with Crippen molar-refractivity contribution in [1.82, 2.24) is 14.4 Å². The van der Waals surface area contributed by atoms with Gasteiger partial charge >= 0.3 is 0 Å². The van der Waals surface area contributed by atoms with Gasteiger partial charge < -0.3 is 9.26 Å². The first-order chi connectivity index (χ1) is 10.6. The van der Waals surface area contributed by atoms with Crippen LogP contribution in [-0.2, 0) is 22.0 Å². The summed E-state index contributed by atoms with van der Waals surface area (Å²) in [5.41, 5.74) is -0.231. The maximum atomic E-state index is 12.1. The highest BCUT2D eigenvalue weighted by Crippen LogP contribution is 2.22. The van der Waals surface area contributed by atoms with Crippen LogP contribution in [0.2, 0.25) is 0 Å². The first kappa shape index (κ1) is 17.4. The maximum absolute atomic E-state index is 12.1. The Morgan fingerprint density at radius 1 is 1.26 bits per heavy atom. The predicted molar refractivity (Wildman–Crippen MR) is 84.6 cm³/mol. The van der Waals surface area contributed by atoms with Crippen LogP contribution in [0.3, 0.4) is 0 Å². The molecule has 1 aromatic heterocycles. The van der Waals surface area contributed by atoms with Crippen LogP contribution < -0.4 is 4.74 Å². The predicted octanol–water partition coefficient (Wildman–Crippen LogP) is 2.20. The van der Waals surface area contributed by atoms with Gasteiger partial charge in [-0.2, -0.15) is 4.98 Å². The molecule has 0 amide bonds. The number of hydrogen-bond donors (Lipinski definition) is 0. The number of nitrogens with zero attached hydrogens (tertiary/aromatic N) is 3. The van der Waals surface area contributed by atoms with Crippen LogP contribution in [0, 0.1) is 0 Å². The fourth-order valence-electron chi connectivity index (χ4n) is 1.70. The molecule has 1 heterocycles. The Morgan fingerprint density at radius 3 is 2.52 bits per heavy atom. The Bertz CT molecular complexity index is 776. The second-order valence-corrected chi connectivity index (χ2v) is 8.47. The van der Waals surface area contributed by atoms with Crippen molar-refractivity contribution in [2.45, 2.75) is 37.7 Å². The summed E-state index contributed by atoms with van der Waals surface area (Å²) >= 11 is 0. The Hall–Kier alpha value is -1.93. The van der Waals surface area contributed by atoms with Crippen LogP contribution in [0.4, 0.5) is 0 Å². The molecular weight excluding hydrogens is 318 g/mol. The second kappa shape index (κ2) is 6.29. The fraction of sp³-hybridized carbons (Fsp3) is 0.467. The lowest BCUT2D eigenvalue weighted by molar-refractivity contribution is 0.279. The van der Waals surface area contributed by atoms with Crippen molar-refractivity contribution >= 4 is 10.0 Å². The van der Waals surface area contributed by atoms with E-state index in [1.807, 2.05) is 20.8 Å². The molecule has 0 fully saturated rings. The Balaban J connectivity index is 2.12. The van der Waals surface area contributed by atoms with Gasteiger partial charge in [-0.25, -0.2) is 12.7 Å². The van der Waals surface area contributed by atoms with Crippen molar-refractivity contribution in [3.63, 3.8) is 0 Å². The number of aromatic nitrogens is 2. The lowest BCUT2D eigenvalue weighted by atomic mass is 9.97. The molecule has 0 radical (unpaired) electrons. The Kier molecular flexibility index (Phi) is 4.76. The van der Waals surface area contributed by atoms with Gasteiger partial charge in [-0.3, -0.25) is 0 Å². The molecular formula is C15H21N3O4S. The minimum absolute atomic E-state index is 0.102. The van der Waals surface area contributed by atoms with Crippen molar-refractivity contribution in [2.24, 2.45) is 0 Å². The van der Waals surface area contributed by atoms with E-state index in [0.29, 0.717) is 17.5 Å². The minimum Gasteiger partial charge on any atom is -0.485 e. The molecule has 0 unspecified atom stereocenters.